The Morgan fingerprint density at radius 3 is 2.83 bits per heavy atom. The number of rotatable bonds is 5. The van der Waals surface area contributed by atoms with Crippen molar-refractivity contribution in [1.29, 1.82) is 0 Å². The molecular weight excluding hydrogens is 263 g/mol. The van der Waals surface area contributed by atoms with Crippen molar-refractivity contribution >= 4 is 24.6 Å². The number of nitrogens with zero attached hydrogens (tertiary/aromatic N) is 5. The predicted molar refractivity (Wildman–Crippen MR) is 60.4 cm³/mol. The van der Waals surface area contributed by atoms with Crippen molar-refractivity contribution in [2.45, 2.75) is 6.54 Å². The zero-order valence-corrected chi connectivity index (χ0v) is 10.1. The van der Waals surface area contributed by atoms with Crippen LogP contribution in [0.2, 0.25) is 0 Å². The van der Waals surface area contributed by atoms with E-state index in [9.17, 15) is 4.57 Å². The van der Waals surface area contributed by atoms with Crippen LogP contribution in [0.25, 0.3) is 11.2 Å². The minimum absolute atomic E-state index is 0.0689. The van der Waals surface area contributed by atoms with Crippen molar-refractivity contribution < 1.29 is 19.1 Å². The maximum Gasteiger partial charge on any atom is 0.350 e. The molecular formula is C7H11N6O4P. The molecule has 0 aliphatic rings. The summed E-state index contributed by atoms with van der Waals surface area (Å²) in [6.45, 7) is 0.301. The normalized spacial score (nSPS) is 12.1. The number of nitrogen functional groups attached to an aromatic ring is 1. The zero-order valence-electron chi connectivity index (χ0n) is 9.17. The van der Waals surface area contributed by atoms with Crippen molar-refractivity contribution in [3.63, 3.8) is 0 Å². The number of anilines is 1. The summed E-state index contributed by atoms with van der Waals surface area (Å²) in [5.74, 6) is 0.224. The molecule has 10 nitrogen and oxygen atoms in total. The van der Waals surface area contributed by atoms with Gasteiger partial charge < -0.3 is 20.3 Å². The summed E-state index contributed by atoms with van der Waals surface area (Å²) in [5.41, 5.74) is 6.32. The van der Waals surface area contributed by atoms with Gasteiger partial charge in [-0.05, 0) is 0 Å². The molecule has 0 fully saturated rings. The summed E-state index contributed by atoms with van der Waals surface area (Å²) in [7, 11) is -4.14. The van der Waals surface area contributed by atoms with Gasteiger partial charge in [-0.25, -0.2) is 9.97 Å². The molecule has 0 saturated carbocycles. The van der Waals surface area contributed by atoms with Crippen molar-refractivity contribution in [3.8, 4) is 0 Å². The summed E-state index contributed by atoms with van der Waals surface area (Å²) in [5, 5.41) is 8.04. The van der Waals surface area contributed by atoms with E-state index < -0.39 is 13.9 Å². The molecule has 4 N–H and O–H groups in total. The van der Waals surface area contributed by atoms with Crippen molar-refractivity contribution in [3.05, 3.63) is 6.33 Å². The second kappa shape index (κ2) is 4.94. The molecule has 0 amide bonds. The SMILES string of the molecule is Nc1ncnc2nn(CCOCP(=O)(O)O)nc12. The third-order valence-corrected chi connectivity index (χ3v) is 2.47. The monoisotopic (exact) mass is 274 g/mol. The van der Waals surface area contributed by atoms with E-state index >= 15 is 0 Å². The Kier molecular flexibility index (Phi) is 3.53. The summed E-state index contributed by atoms with van der Waals surface area (Å²) in [6.07, 6.45) is 0.650. The molecule has 0 aliphatic carbocycles. The summed E-state index contributed by atoms with van der Waals surface area (Å²) < 4.78 is 15.3. The maximum atomic E-state index is 10.5. The Balaban J connectivity index is 1.96. The average molecular weight is 274 g/mol. The Hall–Kier alpha value is -1.61. The highest BCUT2D eigenvalue weighted by molar-refractivity contribution is 7.51. The van der Waals surface area contributed by atoms with Crippen LogP contribution in [0.3, 0.4) is 0 Å². The second-order valence-electron chi connectivity index (χ2n) is 3.43. The van der Waals surface area contributed by atoms with E-state index in [0.29, 0.717) is 11.2 Å². The first-order valence-corrected chi connectivity index (χ1v) is 6.69. The van der Waals surface area contributed by atoms with Crippen LogP contribution in [0.4, 0.5) is 5.82 Å². The van der Waals surface area contributed by atoms with E-state index in [1.807, 2.05) is 0 Å². The Bertz CT molecular complexity index is 595. The van der Waals surface area contributed by atoms with E-state index in [2.05, 4.69) is 20.2 Å². The number of hydrogen-bond acceptors (Lipinski definition) is 7. The van der Waals surface area contributed by atoms with E-state index in [-0.39, 0.29) is 19.0 Å². The number of hydrogen-bond donors (Lipinski definition) is 3. The van der Waals surface area contributed by atoms with Gasteiger partial charge in [-0.2, -0.15) is 4.80 Å². The Labute approximate surface area is 101 Å². The van der Waals surface area contributed by atoms with E-state index in [0.717, 1.165) is 0 Å². The summed E-state index contributed by atoms with van der Waals surface area (Å²) in [6, 6.07) is 0. The topological polar surface area (TPSA) is 149 Å². The lowest BCUT2D eigenvalue weighted by molar-refractivity contribution is 0.143. The first-order chi connectivity index (χ1) is 8.46. The fourth-order valence-corrected chi connectivity index (χ4v) is 1.60. The van der Waals surface area contributed by atoms with Crippen LogP contribution in [0.15, 0.2) is 6.33 Å². The van der Waals surface area contributed by atoms with Crippen LogP contribution in [-0.4, -0.2) is 47.7 Å². The maximum absolute atomic E-state index is 10.5. The van der Waals surface area contributed by atoms with Crippen LogP contribution in [0, 0.1) is 0 Å². The minimum atomic E-state index is -4.14. The van der Waals surface area contributed by atoms with Crippen LogP contribution in [0.5, 0.6) is 0 Å². The fraction of sp³-hybridized carbons (Fsp3) is 0.429. The molecule has 0 bridgehead atoms. The van der Waals surface area contributed by atoms with Gasteiger partial charge in [-0.1, -0.05) is 0 Å². The van der Waals surface area contributed by atoms with Gasteiger partial charge in [0, 0.05) is 0 Å². The molecule has 0 radical (unpaired) electrons. The Morgan fingerprint density at radius 2 is 2.17 bits per heavy atom. The molecule has 0 unspecified atom stereocenters. The van der Waals surface area contributed by atoms with Gasteiger partial charge in [0.25, 0.3) is 0 Å². The molecule has 2 aromatic heterocycles. The second-order valence-corrected chi connectivity index (χ2v) is 5.02. The first kappa shape index (κ1) is 12.8. The van der Waals surface area contributed by atoms with Crippen molar-refractivity contribution in [2.24, 2.45) is 0 Å². The lowest BCUT2D eigenvalue weighted by atomic mass is 10.5. The molecule has 0 aromatic carbocycles. The average Bonchev–Trinajstić information content (AvgIpc) is 2.68. The number of nitrogens with two attached hydrogens (primary N) is 1. The molecule has 11 heteroatoms. The number of ether oxygens (including phenoxy) is 1. The molecule has 0 aliphatic heterocycles. The molecule has 2 heterocycles. The molecule has 0 spiro atoms. The van der Waals surface area contributed by atoms with Gasteiger partial charge in [0.1, 0.15) is 12.7 Å². The van der Waals surface area contributed by atoms with Gasteiger partial charge in [0.15, 0.2) is 11.3 Å². The van der Waals surface area contributed by atoms with E-state index in [1.54, 1.807) is 0 Å². The van der Waals surface area contributed by atoms with Crippen LogP contribution in [-0.2, 0) is 15.8 Å². The van der Waals surface area contributed by atoms with Crippen molar-refractivity contribution in [2.75, 3.05) is 18.7 Å². The quantitative estimate of drug-likeness (QED) is 0.458. The van der Waals surface area contributed by atoms with Gasteiger partial charge >= 0.3 is 7.60 Å². The van der Waals surface area contributed by atoms with Gasteiger partial charge in [-0.15, -0.1) is 10.2 Å². The zero-order chi connectivity index (χ0) is 13.2. The number of aromatic nitrogens is 5. The minimum Gasteiger partial charge on any atom is -0.382 e. The van der Waals surface area contributed by atoms with Crippen molar-refractivity contribution in [1.82, 2.24) is 25.0 Å². The first-order valence-electron chi connectivity index (χ1n) is 4.89. The Morgan fingerprint density at radius 1 is 1.39 bits per heavy atom. The highest BCUT2D eigenvalue weighted by atomic mass is 31.2. The number of fused-ring (bicyclic) bond motifs is 1. The molecule has 0 atom stereocenters. The molecule has 0 saturated heterocycles. The lowest BCUT2D eigenvalue weighted by Gasteiger charge is -2.04. The van der Waals surface area contributed by atoms with Crippen LogP contribution < -0.4 is 5.73 Å². The predicted octanol–water partition coefficient (Wildman–Crippen LogP) is -1.04. The largest absolute Gasteiger partial charge is 0.382 e. The lowest BCUT2D eigenvalue weighted by Crippen LogP contribution is -2.09. The smallest absolute Gasteiger partial charge is 0.350 e. The standard InChI is InChI=1S/C7H11N6O4P/c8-6-5-7(10-3-9-6)12-13(11-5)1-2-17-4-18(14,15)16/h3H,1-2,4H2,(H2,14,15,16)(H2,8,9,10,12). The van der Waals surface area contributed by atoms with E-state index in [4.69, 9.17) is 20.3 Å². The van der Waals surface area contributed by atoms with Gasteiger partial charge in [-0.3, -0.25) is 4.57 Å². The molecule has 2 rings (SSSR count). The highest BCUT2D eigenvalue weighted by Gasteiger charge is 2.13. The summed E-state index contributed by atoms with van der Waals surface area (Å²) in [4.78, 5) is 26.1. The third-order valence-electron chi connectivity index (χ3n) is 1.95. The molecule has 2 aromatic rings. The van der Waals surface area contributed by atoms with Crippen LogP contribution in [0.1, 0.15) is 0 Å². The summed E-state index contributed by atoms with van der Waals surface area (Å²) >= 11 is 0. The van der Waals surface area contributed by atoms with Crippen LogP contribution >= 0.6 is 7.60 Å². The van der Waals surface area contributed by atoms with E-state index in [1.165, 1.54) is 11.1 Å². The highest BCUT2D eigenvalue weighted by Crippen LogP contribution is 2.33. The van der Waals surface area contributed by atoms with Gasteiger partial charge in [0.2, 0.25) is 5.65 Å². The third kappa shape index (κ3) is 3.20. The molecule has 98 valence electrons. The van der Waals surface area contributed by atoms with Gasteiger partial charge in [0.05, 0.1) is 13.2 Å². The fourth-order valence-electron chi connectivity index (χ4n) is 1.23. The molecule has 18 heavy (non-hydrogen) atoms.